The van der Waals surface area contributed by atoms with E-state index < -0.39 is 6.09 Å². The van der Waals surface area contributed by atoms with Gasteiger partial charge in [-0.3, -0.25) is 4.79 Å². The molecule has 1 fully saturated rings. The normalized spacial score (nSPS) is 18.8. The van der Waals surface area contributed by atoms with Crippen LogP contribution in [0.2, 0.25) is 0 Å². The Balaban J connectivity index is 1.67. The molecule has 2 amide bonds. The number of anilines is 1. The smallest absolute Gasteiger partial charge is 0.404 e. The van der Waals surface area contributed by atoms with Crippen LogP contribution in [0.3, 0.4) is 0 Å². The third-order valence-corrected chi connectivity index (χ3v) is 6.08. The largest absolute Gasteiger partial charge is 0.465 e. The van der Waals surface area contributed by atoms with Crippen LogP contribution < -0.4 is 10.2 Å². The third kappa shape index (κ3) is 6.32. The fraction of sp³-hybridized carbons (Fsp3) is 0.391. The lowest BCUT2D eigenvalue weighted by molar-refractivity contribution is -0.123. The first-order chi connectivity index (χ1) is 14.0. The van der Waals surface area contributed by atoms with Gasteiger partial charge in [-0.25, -0.2) is 4.79 Å². The van der Waals surface area contributed by atoms with Gasteiger partial charge >= 0.3 is 6.09 Å². The quantitative estimate of drug-likeness (QED) is 0.606. The van der Waals surface area contributed by atoms with E-state index in [0.29, 0.717) is 19.0 Å². The Bertz CT molecular complexity index is 820. The lowest BCUT2D eigenvalue weighted by atomic mass is 9.81. The molecule has 0 aromatic heterocycles. The number of amides is 2. The van der Waals surface area contributed by atoms with Gasteiger partial charge in [0.15, 0.2) is 0 Å². The zero-order valence-corrected chi connectivity index (χ0v) is 18.0. The summed E-state index contributed by atoms with van der Waals surface area (Å²) in [5, 5.41) is 11.3. The Kier molecular flexibility index (Phi) is 7.69. The molecule has 0 atom stereocenters. The summed E-state index contributed by atoms with van der Waals surface area (Å²) in [6.45, 7) is 1.11. The van der Waals surface area contributed by atoms with Crippen LogP contribution in [0.5, 0.6) is 0 Å². The van der Waals surface area contributed by atoms with Gasteiger partial charge in [-0.15, -0.1) is 0 Å². The maximum atomic E-state index is 13.4. The van der Waals surface area contributed by atoms with Gasteiger partial charge in [-0.05, 0) is 61.8 Å². The molecule has 3 rings (SSSR count). The van der Waals surface area contributed by atoms with Crippen LogP contribution in [-0.2, 0) is 11.2 Å². The van der Waals surface area contributed by atoms with Crippen LogP contribution in [0.4, 0.5) is 10.5 Å². The van der Waals surface area contributed by atoms with E-state index in [1.807, 2.05) is 47.4 Å². The van der Waals surface area contributed by atoms with Gasteiger partial charge in [-0.2, -0.15) is 0 Å². The van der Waals surface area contributed by atoms with Crippen LogP contribution >= 0.6 is 15.9 Å². The van der Waals surface area contributed by atoms with Crippen molar-refractivity contribution in [3.05, 3.63) is 64.6 Å². The average molecular weight is 459 g/mol. The fourth-order valence-electron chi connectivity index (χ4n) is 3.96. The molecule has 29 heavy (non-hydrogen) atoms. The summed E-state index contributed by atoms with van der Waals surface area (Å²) in [6.07, 6.45) is 3.19. The molecule has 0 radical (unpaired) electrons. The number of nitrogens with zero attached hydrogens (tertiary/aromatic N) is 1. The summed E-state index contributed by atoms with van der Waals surface area (Å²) in [6, 6.07) is 18.1. The number of benzene rings is 2. The molecule has 0 spiro atoms. The molecule has 0 unspecified atom stereocenters. The van der Waals surface area contributed by atoms with E-state index in [2.05, 4.69) is 33.4 Å². The Hall–Kier alpha value is -2.34. The predicted octanol–water partition coefficient (Wildman–Crippen LogP) is 5.10. The van der Waals surface area contributed by atoms with Crippen molar-refractivity contribution < 1.29 is 14.7 Å². The number of carbonyl (C=O) groups excluding carboxylic acids is 1. The van der Waals surface area contributed by atoms with Crippen molar-refractivity contribution in [3.63, 3.8) is 0 Å². The number of hydrogen-bond acceptors (Lipinski definition) is 2. The Morgan fingerprint density at radius 1 is 1.03 bits per heavy atom. The van der Waals surface area contributed by atoms with Crippen molar-refractivity contribution in [2.45, 2.75) is 32.1 Å². The summed E-state index contributed by atoms with van der Waals surface area (Å²) in [5.41, 5.74) is 2.12. The van der Waals surface area contributed by atoms with Crippen LogP contribution in [-0.4, -0.2) is 30.2 Å². The first-order valence-electron chi connectivity index (χ1n) is 10.1. The molecule has 2 aromatic rings. The van der Waals surface area contributed by atoms with Crippen molar-refractivity contribution >= 4 is 33.6 Å². The SMILES string of the molecule is O=C(O)NCC1CCC(C(=O)N(CCc2ccccc2)c2cccc(Br)c2)CC1. The van der Waals surface area contributed by atoms with E-state index in [4.69, 9.17) is 5.11 Å². The van der Waals surface area contributed by atoms with Gasteiger partial charge in [0, 0.05) is 29.2 Å². The number of carboxylic acid groups (broad SMARTS) is 1. The van der Waals surface area contributed by atoms with E-state index in [1.54, 1.807) is 0 Å². The van der Waals surface area contributed by atoms with E-state index >= 15 is 0 Å². The average Bonchev–Trinajstić information content (AvgIpc) is 2.73. The van der Waals surface area contributed by atoms with E-state index in [1.165, 1.54) is 5.56 Å². The highest BCUT2D eigenvalue weighted by atomic mass is 79.9. The molecule has 6 heteroatoms. The van der Waals surface area contributed by atoms with Gasteiger partial charge in [0.05, 0.1) is 0 Å². The summed E-state index contributed by atoms with van der Waals surface area (Å²) >= 11 is 3.52. The molecule has 2 aromatic carbocycles. The number of halogens is 1. The lowest BCUT2D eigenvalue weighted by Gasteiger charge is -2.32. The highest BCUT2D eigenvalue weighted by Gasteiger charge is 2.30. The van der Waals surface area contributed by atoms with Crippen LogP contribution in [0.1, 0.15) is 31.2 Å². The fourth-order valence-corrected chi connectivity index (χ4v) is 4.35. The zero-order chi connectivity index (χ0) is 20.6. The van der Waals surface area contributed by atoms with E-state index in [9.17, 15) is 9.59 Å². The molecule has 0 bridgehead atoms. The van der Waals surface area contributed by atoms with Crippen molar-refractivity contribution in [2.75, 3.05) is 18.0 Å². The maximum absolute atomic E-state index is 13.4. The molecular weight excluding hydrogens is 432 g/mol. The van der Waals surface area contributed by atoms with Gasteiger partial charge < -0.3 is 15.3 Å². The van der Waals surface area contributed by atoms with Crippen LogP contribution in [0, 0.1) is 11.8 Å². The Morgan fingerprint density at radius 3 is 2.41 bits per heavy atom. The Morgan fingerprint density at radius 2 is 1.76 bits per heavy atom. The minimum Gasteiger partial charge on any atom is -0.465 e. The highest BCUT2D eigenvalue weighted by molar-refractivity contribution is 9.10. The van der Waals surface area contributed by atoms with Crippen molar-refractivity contribution in [1.82, 2.24) is 5.32 Å². The minimum atomic E-state index is -0.982. The summed E-state index contributed by atoms with van der Waals surface area (Å²) in [5.74, 6) is 0.480. The second-order valence-corrected chi connectivity index (χ2v) is 8.52. The summed E-state index contributed by atoms with van der Waals surface area (Å²) < 4.78 is 0.955. The van der Waals surface area contributed by atoms with Gasteiger partial charge in [0.25, 0.3) is 0 Å². The highest BCUT2D eigenvalue weighted by Crippen LogP contribution is 2.31. The van der Waals surface area contributed by atoms with Crippen molar-refractivity contribution in [1.29, 1.82) is 0 Å². The summed E-state index contributed by atoms with van der Waals surface area (Å²) in [4.78, 5) is 26.0. The molecule has 1 aliphatic carbocycles. The number of hydrogen-bond donors (Lipinski definition) is 2. The van der Waals surface area contributed by atoms with Gasteiger partial charge in [-0.1, -0.05) is 52.3 Å². The maximum Gasteiger partial charge on any atom is 0.404 e. The molecular formula is C23H27BrN2O3. The van der Waals surface area contributed by atoms with Crippen molar-refractivity contribution in [2.24, 2.45) is 11.8 Å². The van der Waals surface area contributed by atoms with Gasteiger partial charge in [0.1, 0.15) is 0 Å². The standard InChI is InChI=1S/C23H27BrN2O3/c24-20-7-4-8-21(15-20)26(14-13-17-5-2-1-3-6-17)22(27)19-11-9-18(10-12-19)16-25-23(28)29/h1-8,15,18-19,25H,9-14,16H2,(H,28,29). The molecule has 0 aliphatic heterocycles. The molecule has 1 saturated carbocycles. The van der Waals surface area contributed by atoms with Gasteiger partial charge in [0.2, 0.25) is 5.91 Å². The third-order valence-electron chi connectivity index (χ3n) is 5.59. The molecule has 0 heterocycles. The number of rotatable bonds is 7. The van der Waals surface area contributed by atoms with E-state index in [-0.39, 0.29) is 11.8 Å². The van der Waals surface area contributed by atoms with Crippen LogP contribution in [0.25, 0.3) is 0 Å². The zero-order valence-electron chi connectivity index (χ0n) is 16.4. The molecule has 0 saturated heterocycles. The Labute approximate surface area is 180 Å². The van der Waals surface area contributed by atoms with E-state index in [0.717, 1.165) is 42.3 Å². The first-order valence-corrected chi connectivity index (χ1v) is 10.9. The first kappa shape index (κ1) is 21.4. The molecule has 5 nitrogen and oxygen atoms in total. The minimum absolute atomic E-state index is 0.00849. The lowest BCUT2D eigenvalue weighted by Crippen LogP contribution is -2.40. The summed E-state index contributed by atoms with van der Waals surface area (Å²) in [7, 11) is 0. The number of nitrogens with one attached hydrogen (secondary N) is 1. The monoisotopic (exact) mass is 458 g/mol. The second-order valence-electron chi connectivity index (χ2n) is 7.61. The second kappa shape index (κ2) is 10.4. The molecule has 154 valence electrons. The topological polar surface area (TPSA) is 69.6 Å². The molecule has 1 aliphatic rings. The predicted molar refractivity (Wildman–Crippen MR) is 118 cm³/mol. The van der Waals surface area contributed by atoms with Crippen LogP contribution in [0.15, 0.2) is 59.1 Å². The van der Waals surface area contributed by atoms with Crippen molar-refractivity contribution in [3.8, 4) is 0 Å². The molecule has 2 N–H and O–H groups in total. The number of carbonyl (C=O) groups is 2.